The zero-order valence-corrected chi connectivity index (χ0v) is 16.7. The van der Waals surface area contributed by atoms with Gasteiger partial charge in [0.05, 0.1) is 0 Å². The highest BCUT2D eigenvalue weighted by atomic mass is 16.4. The summed E-state index contributed by atoms with van der Waals surface area (Å²) < 4.78 is 11.9. The number of hydrogen-bond acceptors (Lipinski definition) is 6. The van der Waals surface area contributed by atoms with Crippen molar-refractivity contribution in [1.29, 1.82) is 0 Å². The second kappa shape index (κ2) is 6.99. The monoisotopic (exact) mass is 420 g/mol. The Hall–Kier alpha value is -4.58. The highest BCUT2D eigenvalue weighted by Gasteiger charge is 2.12. The number of aromatic nitrogens is 2. The number of benzene rings is 4. The molecular weight excluding hydrogens is 404 g/mol. The molecule has 6 nitrogen and oxygen atoms in total. The van der Waals surface area contributed by atoms with Crippen LogP contribution in [0.5, 0.6) is 11.5 Å². The zero-order valence-electron chi connectivity index (χ0n) is 16.7. The van der Waals surface area contributed by atoms with Crippen molar-refractivity contribution < 1.29 is 19.0 Å². The van der Waals surface area contributed by atoms with Crippen molar-refractivity contribution >= 4 is 22.2 Å². The largest absolute Gasteiger partial charge is 0.508 e. The molecule has 6 heteroatoms. The first kappa shape index (κ1) is 18.2. The number of hydrogen-bond donors (Lipinski definition) is 2. The summed E-state index contributed by atoms with van der Waals surface area (Å²) in [6.07, 6.45) is 0. The van der Waals surface area contributed by atoms with E-state index in [-0.39, 0.29) is 11.5 Å². The molecule has 2 heterocycles. The van der Waals surface area contributed by atoms with Crippen LogP contribution in [0.2, 0.25) is 0 Å². The second-order valence-electron chi connectivity index (χ2n) is 7.50. The molecule has 2 aromatic heterocycles. The third-order valence-electron chi connectivity index (χ3n) is 5.34. The van der Waals surface area contributed by atoms with E-state index in [4.69, 9.17) is 8.83 Å². The Labute approximate surface area is 182 Å². The molecule has 4 aromatic carbocycles. The zero-order chi connectivity index (χ0) is 21.7. The van der Waals surface area contributed by atoms with Gasteiger partial charge in [-0.15, -0.1) is 0 Å². The molecule has 0 saturated carbocycles. The lowest BCUT2D eigenvalue weighted by Gasteiger charge is -2.00. The molecule has 0 aliphatic heterocycles. The molecule has 154 valence electrons. The fourth-order valence-corrected chi connectivity index (χ4v) is 3.66. The number of fused-ring (bicyclic) bond motifs is 2. The molecule has 0 saturated heterocycles. The Kier molecular flexibility index (Phi) is 3.98. The van der Waals surface area contributed by atoms with Crippen molar-refractivity contribution in [3.05, 3.63) is 84.9 Å². The number of aromatic hydroxyl groups is 2. The maximum Gasteiger partial charge on any atom is 0.227 e. The van der Waals surface area contributed by atoms with Gasteiger partial charge in [0.15, 0.2) is 11.2 Å². The molecule has 0 bridgehead atoms. The first-order valence-corrected chi connectivity index (χ1v) is 10.0. The first-order chi connectivity index (χ1) is 15.6. The van der Waals surface area contributed by atoms with E-state index in [0.717, 1.165) is 33.3 Å². The predicted molar refractivity (Wildman–Crippen MR) is 121 cm³/mol. The highest BCUT2D eigenvalue weighted by molar-refractivity contribution is 5.86. The molecule has 0 aliphatic rings. The number of nitrogens with zero attached hydrogens (tertiary/aromatic N) is 2. The van der Waals surface area contributed by atoms with Crippen molar-refractivity contribution in [2.75, 3.05) is 0 Å². The van der Waals surface area contributed by atoms with E-state index >= 15 is 0 Å². The van der Waals surface area contributed by atoms with E-state index < -0.39 is 0 Å². The molecule has 0 amide bonds. The van der Waals surface area contributed by atoms with Crippen molar-refractivity contribution in [2.24, 2.45) is 0 Å². The molecule has 0 spiro atoms. The van der Waals surface area contributed by atoms with E-state index in [1.54, 1.807) is 48.5 Å². The summed E-state index contributed by atoms with van der Waals surface area (Å²) in [5, 5.41) is 19.0. The van der Waals surface area contributed by atoms with Crippen molar-refractivity contribution in [1.82, 2.24) is 9.97 Å². The van der Waals surface area contributed by atoms with Gasteiger partial charge < -0.3 is 19.0 Å². The van der Waals surface area contributed by atoms with Gasteiger partial charge in [-0.2, -0.15) is 0 Å². The van der Waals surface area contributed by atoms with Gasteiger partial charge in [-0.1, -0.05) is 12.1 Å². The summed E-state index contributed by atoms with van der Waals surface area (Å²) in [7, 11) is 0. The highest BCUT2D eigenvalue weighted by Crippen LogP contribution is 2.32. The summed E-state index contributed by atoms with van der Waals surface area (Å²) in [5.41, 5.74) is 6.39. The maximum atomic E-state index is 9.49. The third kappa shape index (κ3) is 3.15. The van der Waals surface area contributed by atoms with Crippen LogP contribution in [0.4, 0.5) is 0 Å². The summed E-state index contributed by atoms with van der Waals surface area (Å²) in [6.45, 7) is 0. The van der Waals surface area contributed by atoms with E-state index in [1.165, 1.54) is 0 Å². The molecule has 0 fully saturated rings. The second-order valence-corrected chi connectivity index (χ2v) is 7.50. The Balaban J connectivity index is 1.37. The number of phenolic OH excluding ortho intramolecular Hbond substituents is 2. The van der Waals surface area contributed by atoms with Crippen LogP contribution in [0.15, 0.2) is 93.8 Å². The molecule has 0 unspecified atom stereocenters. The van der Waals surface area contributed by atoms with E-state index in [1.807, 2.05) is 36.4 Å². The molecule has 32 heavy (non-hydrogen) atoms. The standard InChI is InChI=1S/C26H16N2O4/c29-19-7-1-15(2-8-19)25-27-21-11-5-17(13-23(21)31-25)18-6-12-22-24(14-18)32-26(28-22)16-3-9-20(30)10-4-16/h1-14,29-30H. The topological polar surface area (TPSA) is 92.5 Å². The van der Waals surface area contributed by atoms with Crippen LogP contribution in [-0.4, -0.2) is 20.2 Å². The summed E-state index contributed by atoms with van der Waals surface area (Å²) in [4.78, 5) is 9.09. The third-order valence-corrected chi connectivity index (χ3v) is 5.34. The SMILES string of the molecule is Oc1ccc(-c2nc3ccc(-c4ccc5nc(-c6ccc(O)cc6)oc5c4)cc3o2)cc1. The minimum Gasteiger partial charge on any atom is -0.508 e. The van der Waals surface area contributed by atoms with Gasteiger partial charge in [0.1, 0.15) is 22.5 Å². The van der Waals surface area contributed by atoms with Gasteiger partial charge in [-0.05, 0) is 83.9 Å². The van der Waals surface area contributed by atoms with Crippen molar-refractivity contribution in [2.45, 2.75) is 0 Å². The molecule has 2 N–H and O–H groups in total. The van der Waals surface area contributed by atoms with E-state index in [9.17, 15) is 10.2 Å². The maximum absolute atomic E-state index is 9.49. The van der Waals surface area contributed by atoms with Gasteiger partial charge in [-0.25, -0.2) is 9.97 Å². The normalized spacial score (nSPS) is 11.4. The van der Waals surface area contributed by atoms with Crippen LogP contribution in [0.25, 0.3) is 56.2 Å². The van der Waals surface area contributed by atoms with Crippen LogP contribution in [0, 0.1) is 0 Å². The molecule has 0 aliphatic carbocycles. The molecule has 6 rings (SSSR count). The van der Waals surface area contributed by atoms with Crippen LogP contribution < -0.4 is 0 Å². The van der Waals surface area contributed by atoms with E-state index in [0.29, 0.717) is 22.9 Å². The summed E-state index contributed by atoms with van der Waals surface area (Å²) in [5.74, 6) is 1.40. The van der Waals surface area contributed by atoms with Gasteiger partial charge in [0.2, 0.25) is 11.8 Å². The van der Waals surface area contributed by atoms with Gasteiger partial charge in [-0.3, -0.25) is 0 Å². The lowest BCUT2D eigenvalue weighted by Crippen LogP contribution is -1.78. The molecule has 0 atom stereocenters. The summed E-state index contributed by atoms with van der Waals surface area (Å²) >= 11 is 0. The minimum absolute atomic E-state index is 0.198. The lowest BCUT2D eigenvalue weighted by molar-refractivity contribution is 0.474. The van der Waals surface area contributed by atoms with E-state index in [2.05, 4.69) is 9.97 Å². The fourth-order valence-electron chi connectivity index (χ4n) is 3.66. The Morgan fingerprint density at radius 2 is 0.844 bits per heavy atom. The summed E-state index contributed by atoms with van der Waals surface area (Å²) in [6, 6.07) is 25.2. The molecule has 6 aromatic rings. The molecule has 0 radical (unpaired) electrons. The lowest BCUT2D eigenvalue weighted by atomic mass is 10.1. The van der Waals surface area contributed by atoms with Gasteiger partial charge in [0.25, 0.3) is 0 Å². The fraction of sp³-hybridized carbons (Fsp3) is 0. The van der Waals surface area contributed by atoms with Crippen LogP contribution >= 0.6 is 0 Å². The van der Waals surface area contributed by atoms with Gasteiger partial charge in [0, 0.05) is 11.1 Å². The number of phenols is 2. The van der Waals surface area contributed by atoms with Crippen molar-refractivity contribution in [3.8, 4) is 45.5 Å². The van der Waals surface area contributed by atoms with Crippen LogP contribution in [-0.2, 0) is 0 Å². The predicted octanol–water partition coefficient (Wildman–Crippen LogP) is 6.38. The number of oxazole rings is 2. The average molecular weight is 420 g/mol. The van der Waals surface area contributed by atoms with Gasteiger partial charge >= 0.3 is 0 Å². The average Bonchev–Trinajstić information content (AvgIpc) is 3.43. The van der Waals surface area contributed by atoms with Crippen molar-refractivity contribution in [3.63, 3.8) is 0 Å². The van der Waals surface area contributed by atoms with Crippen LogP contribution in [0.1, 0.15) is 0 Å². The minimum atomic E-state index is 0.198. The Bertz CT molecular complexity index is 1460. The van der Waals surface area contributed by atoms with Crippen LogP contribution in [0.3, 0.4) is 0 Å². The quantitative estimate of drug-likeness (QED) is 0.345. The number of rotatable bonds is 3. The Morgan fingerprint density at radius 3 is 1.25 bits per heavy atom. The molecular formula is C26H16N2O4. The first-order valence-electron chi connectivity index (χ1n) is 10.0. The smallest absolute Gasteiger partial charge is 0.227 e. The Morgan fingerprint density at radius 1 is 0.469 bits per heavy atom.